The topological polar surface area (TPSA) is 109 Å². The van der Waals surface area contributed by atoms with Crippen molar-refractivity contribution in [1.82, 2.24) is 5.32 Å². The SMILES string of the molecule is O=C([O-])CNC(=O)COc1ccc2ccc(=O)oc2c1. The Labute approximate surface area is 112 Å². The number of carbonyl (C=O) groups is 2. The smallest absolute Gasteiger partial charge is 0.336 e. The number of carboxylic acids is 1. The molecule has 7 heteroatoms. The number of carboxylic acid groups (broad SMARTS) is 1. The number of nitrogens with one attached hydrogen (secondary N) is 1. The van der Waals surface area contributed by atoms with Gasteiger partial charge in [-0.3, -0.25) is 4.79 Å². The highest BCUT2D eigenvalue weighted by Gasteiger charge is 2.04. The van der Waals surface area contributed by atoms with E-state index >= 15 is 0 Å². The van der Waals surface area contributed by atoms with Crippen LogP contribution in [0.2, 0.25) is 0 Å². The lowest BCUT2D eigenvalue weighted by Crippen LogP contribution is -2.39. The minimum absolute atomic E-state index is 0.329. The molecule has 0 saturated carbocycles. The summed E-state index contributed by atoms with van der Waals surface area (Å²) >= 11 is 0. The molecule has 0 saturated heterocycles. The quantitative estimate of drug-likeness (QED) is 0.704. The molecule has 1 amide bonds. The number of benzene rings is 1. The van der Waals surface area contributed by atoms with Crippen LogP contribution in [0.5, 0.6) is 5.75 Å². The van der Waals surface area contributed by atoms with Gasteiger partial charge in [0, 0.05) is 17.5 Å². The molecule has 0 aliphatic rings. The van der Waals surface area contributed by atoms with E-state index < -0.39 is 24.0 Å². The summed E-state index contributed by atoms with van der Waals surface area (Å²) in [5.74, 6) is -1.65. The Hall–Kier alpha value is -2.83. The van der Waals surface area contributed by atoms with Gasteiger partial charge in [0.25, 0.3) is 5.91 Å². The second-order valence-corrected chi connectivity index (χ2v) is 3.89. The molecule has 0 unspecified atom stereocenters. The molecule has 7 nitrogen and oxygen atoms in total. The second-order valence-electron chi connectivity index (χ2n) is 3.89. The molecule has 104 valence electrons. The fraction of sp³-hybridized carbons (Fsp3) is 0.154. The standard InChI is InChI=1S/C13H11NO6/c15-11(14-6-12(16)17)7-19-9-3-1-8-2-4-13(18)20-10(8)5-9/h1-5H,6-7H2,(H,14,15)(H,16,17)/p-1. The fourth-order valence-electron chi connectivity index (χ4n) is 1.50. The summed E-state index contributed by atoms with van der Waals surface area (Å²) in [4.78, 5) is 32.5. The largest absolute Gasteiger partial charge is 0.548 e. The molecule has 2 aromatic rings. The Morgan fingerprint density at radius 1 is 1.25 bits per heavy atom. The van der Waals surface area contributed by atoms with E-state index in [0.717, 1.165) is 5.39 Å². The van der Waals surface area contributed by atoms with Crippen LogP contribution in [0.15, 0.2) is 39.5 Å². The van der Waals surface area contributed by atoms with Crippen molar-refractivity contribution in [3.63, 3.8) is 0 Å². The third kappa shape index (κ3) is 3.58. The van der Waals surface area contributed by atoms with Crippen molar-refractivity contribution in [2.45, 2.75) is 0 Å². The van der Waals surface area contributed by atoms with Crippen LogP contribution in [0.3, 0.4) is 0 Å². The lowest BCUT2D eigenvalue weighted by atomic mass is 10.2. The van der Waals surface area contributed by atoms with Crippen LogP contribution >= 0.6 is 0 Å². The maximum absolute atomic E-state index is 11.2. The summed E-state index contributed by atoms with van der Waals surface area (Å²) in [6, 6.07) is 7.66. The third-order valence-corrected chi connectivity index (χ3v) is 2.39. The number of aliphatic carboxylic acids is 1. The lowest BCUT2D eigenvalue weighted by molar-refractivity contribution is -0.304. The number of fused-ring (bicyclic) bond motifs is 1. The molecule has 1 aromatic carbocycles. The van der Waals surface area contributed by atoms with Crippen molar-refractivity contribution in [3.05, 3.63) is 40.8 Å². The molecular weight excluding hydrogens is 266 g/mol. The molecule has 0 fully saturated rings. The first-order valence-electron chi connectivity index (χ1n) is 5.68. The highest BCUT2D eigenvalue weighted by molar-refractivity contribution is 5.82. The Kier molecular flexibility index (Phi) is 3.99. The number of carbonyl (C=O) groups excluding carboxylic acids is 2. The van der Waals surface area contributed by atoms with E-state index in [9.17, 15) is 19.5 Å². The van der Waals surface area contributed by atoms with Gasteiger partial charge >= 0.3 is 5.63 Å². The van der Waals surface area contributed by atoms with Crippen LogP contribution in [0.25, 0.3) is 11.0 Å². The van der Waals surface area contributed by atoms with Gasteiger partial charge in [-0.2, -0.15) is 0 Å². The zero-order valence-electron chi connectivity index (χ0n) is 10.3. The first-order valence-corrected chi connectivity index (χ1v) is 5.68. The Balaban J connectivity index is 2.01. The average molecular weight is 276 g/mol. The molecule has 20 heavy (non-hydrogen) atoms. The molecule has 1 aromatic heterocycles. The van der Waals surface area contributed by atoms with Crippen molar-refractivity contribution < 1.29 is 23.8 Å². The predicted molar refractivity (Wildman–Crippen MR) is 66.0 cm³/mol. The summed E-state index contributed by atoms with van der Waals surface area (Å²) in [6.45, 7) is -0.926. The number of hydrogen-bond donors (Lipinski definition) is 1. The number of ether oxygens (including phenoxy) is 1. The third-order valence-electron chi connectivity index (χ3n) is 2.39. The van der Waals surface area contributed by atoms with Gasteiger partial charge in [0.15, 0.2) is 6.61 Å². The fourth-order valence-corrected chi connectivity index (χ4v) is 1.50. The van der Waals surface area contributed by atoms with Gasteiger partial charge in [-0.15, -0.1) is 0 Å². The van der Waals surface area contributed by atoms with Crippen molar-refractivity contribution in [2.75, 3.05) is 13.2 Å². The van der Waals surface area contributed by atoms with Gasteiger partial charge in [-0.25, -0.2) is 4.79 Å². The average Bonchev–Trinajstić information content (AvgIpc) is 2.42. The number of hydrogen-bond acceptors (Lipinski definition) is 6. The normalized spacial score (nSPS) is 10.2. The van der Waals surface area contributed by atoms with E-state index in [0.29, 0.717) is 11.3 Å². The summed E-state index contributed by atoms with van der Waals surface area (Å²) in [5, 5.41) is 13.0. The molecular formula is C13H10NO6-. The van der Waals surface area contributed by atoms with E-state index in [4.69, 9.17) is 9.15 Å². The Bertz CT molecular complexity index is 705. The zero-order valence-corrected chi connectivity index (χ0v) is 10.3. The van der Waals surface area contributed by atoms with Gasteiger partial charge in [0.1, 0.15) is 11.3 Å². The van der Waals surface area contributed by atoms with Gasteiger partial charge in [-0.05, 0) is 18.2 Å². The van der Waals surface area contributed by atoms with Gasteiger partial charge < -0.3 is 24.4 Å². The number of amides is 1. The molecule has 2 rings (SSSR count). The van der Waals surface area contributed by atoms with Gasteiger partial charge in [0.2, 0.25) is 0 Å². The number of rotatable bonds is 5. The maximum atomic E-state index is 11.2. The molecule has 1 N–H and O–H groups in total. The van der Waals surface area contributed by atoms with Crippen LogP contribution in [-0.2, 0) is 9.59 Å². The van der Waals surface area contributed by atoms with Crippen LogP contribution in [0.4, 0.5) is 0 Å². The second kappa shape index (κ2) is 5.87. The van der Waals surface area contributed by atoms with Crippen molar-refractivity contribution in [3.8, 4) is 5.75 Å². The first-order chi connectivity index (χ1) is 9.54. The molecule has 0 spiro atoms. The lowest BCUT2D eigenvalue weighted by Gasteiger charge is -2.08. The van der Waals surface area contributed by atoms with E-state index in [-0.39, 0.29) is 6.61 Å². The molecule has 0 bridgehead atoms. The predicted octanol–water partition coefficient (Wildman–Crippen LogP) is -0.962. The Morgan fingerprint density at radius 2 is 2.00 bits per heavy atom. The summed E-state index contributed by atoms with van der Waals surface area (Å²) in [5.41, 5.74) is -0.147. The molecule has 0 aliphatic carbocycles. The minimum atomic E-state index is -1.38. The highest BCUT2D eigenvalue weighted by atomic mass is 16.5. The van der Waals surface area contributed by atoms with E-state index in [1.807, 2.05) is 0 Å². The van der Waals surface area contributed by atoms with Gasteiger partial charge in [0.05, 0.1) is 12.5 Å². The summed E-state index contributed by atoms with van der Waals surface area (Å²) < 4.78 is 10.1. The first kappa shape index (κ1) is 13.6. The molecule has 0 atom stereocenters. The minimum Gasteiger partial charge on any atom is -0.548 e. The Morgan fingerprint density at radius 3 is 2.75 bits per heavy atom. The van der Waals surface area contributed by atoms with E-state index in [1.165, 1.54) is 12.1 Å². The van der Waals surface area contributed by atoms with Crippen LogP contribution in [0.1, 0.15) is 0 Å². The van der Waals surface area contributed by atoms with Gasteiger partial charge in [-0.1, -0.05) is 0 Å². The zero-order chi connectivity index (χ0) is 14.5. The molecule has 0 radical (unpaired) electrons. The summed E-state index contributed by atoms with van der Waals surface area (Å²) in [6.07, 6.45) is 0. The molecule has 1 heterocycles. The van der Waals surface area contributed by atoms with Crippen molar-refractivity contribution in [1.29, 1.82) is 0 Å². The van der Waals surface area contributed by atoms with Crippen LogP contribution < -0.4 is 20.8 Å². The maximum Gasteiger partial charge on any atom is 0.336 e. The monoisotopic (exact) mass is 276 g/mol. The van der Waals surface area contributed by atoms with E-state index in [2.05, 4.69) is 5.32 Å². The van der Waals surface area contributed by atoms with Crippen molar-refractivity contribution in [2.24, 2.45) is 0 Å². The van der Waals surface area contributed by atoms with Crippen LogP contribution in [0, 0.1) is 0 Å². The highest BCUT2D eigenvalue weighted by Crippen LogP contribution is 2.19. The van der Waals surface area contributed by atoms with Crippen molar-refractivity contribution >= 4 is 22.8 Å². The van der Waals surface area contributed by atoms with Crippen LogP contribution in [-0.4, -0.2) is 25.0 Å². The molecule has 0 aliphatic heterocycles. The summed E-state index contributed by atoms with van der Waals surface area (Å²) in [7, 11) is 0. The van der Waals surface area contributed by atoms with E-state index in [1.54, 1.807) is 18.2 Å².